The lowest BCUT2D eigenvalue weighted by molar-refractivity contribution is -0.143. The van der Waals surface area contributed by atoms with Crippen LogP contribution in [0, 0.1) is 6.92 Å². The number of imide groups is 2. The number of benzene rings is 1. The molecule has 3 rings (SSSR count). The van der Waals surface area contributed by atoms with E-state index in [0.717, 1.165) is 11.3 Å². The van der Waals surface area contributed by atoms with Crippen LogP contribution in [0.15, 0.2) is 23.1 Å². The van der Waals surface area contributed by atoms with Crippen LogP contribution in [-0.4, -0.2) is 85.7 Å². The highest BCUT2D eigenvalue weighted by Crippen LogP contribution is 2.24. The third-order valence-electron chi connectivity index (χ3n) is 5.26. The number of amides is 5. The first-order valence-electron chi connectivity index (χ1n) is 10.3. The van der Waals surface area contributed by atoms with Gasteiger partial charge in [-0.2, -0.15) is 4.31 Å². The molecule has 2 aliphatic rings. The van der Waals surface area contributed by atoms with Crippen molar-refractivity contribution in [2.75, 3.05) is 44.7 Å². The van der Waals surface area contributed by atoms with Crippen LogP contribution in [0.2, 0.25) is 0 Å². The highest BCUT2D eigenvalue weighted by Gasteiger charge is 2.44. The lowest BCUT2D eigenvalue weighted by Gasteiger charge is -2.26. The molecule has 0 bridgehead atoms. The van der Waals surface area contributed by atoms with Gasteiger partial charge in [0.05, 0.1) is 18.1 Å². The minimum absolute atomic E-state index is 0.00884. The number of nitrogens with one attached hydrogen (secondary N) is 1. The molecule has 174 valence electrons. The number of carbonyl (C=O) groups excluding carboxylic acids is 4. The van der Waals surface area contributed by atoms with Gasteiger partial charge in [-0.1, -0.05) is 19.4 Å². The summed E-state index contributed by atoms with van der Waals surface area (Å²) in [4.78, 5) is 50.5. The van der Waals surface area contributed by atoms with Crippen molar-refractivity contribution in [1.29, 1.82) is 0 Å². The smallest absolute Gasteiger partial charge is 0.334 e. The topological polar surface area (TPSA) is 133 Å². The van der Waals surface area contributed by atoms with E-state index in [1.54, 1.807) is 13.0 Å². The van der Waals surface area contributed by atoms with E-state index in [0.29, 0.717) is 30.1 Å². The highest BCUT2D eigenvalue weighted by atomic mass is 32.2. The zero-order valence-electron chi connectivity index (χ0n) is 18.0. The summed E-state index contributed by atoms with van der Waals surface area (Å²) >= 11 is 0. The SMILES string of the molecule is CCCCN1C(=O)C(=O)N(CC(=O)Nc2cc(S(=O)(=O)N3CCOCC3)ccc2C)C1=O. The maximum atomic E-state index is 12.9. The van der Waals surface area contributed by atoms with Crippen molar-refractivity contribution >= 4 is 39.5 Å². The molecule has 0 aliphatic carbocycles. The van der Waals surface area contributed by atoms with E-state index in [-0.39, 0.29) is 30.2 Å². The molecule has 1 aromatic carbocycles. The Balaban J connectivity index is 1.73. The number of morpholine rings is 1. The van der Waals surface area contributed by atoms with Crippen molar-refractivity contribution in [3.63, 3.8) is 0 Å². The molecular weight excluding hydrogens is 440 g/mol. The Morgan fingerprint density at radius 2 is 1.75 bits per heavy atom. The minimum Gasteiger partial charge on any atom is -0.379 e. The second-order valence-electron chi connectivity index (χ2n) is 7.53. The van der Waals surface area contributed by atoms with E-state index >= 15 is 0 Å². The normalized spacial score (nSPS) is 17.9. The molecule has 0 spiro atoms. The van der Waals surface area contributed by atoms with Crippen molar-refractivity contribution in [3.8, 4) is 0 Å². The van der Waals surface area contributed by atoms with E-state index < -0.39 is 40.3 Å². The predicted molar refractivity (Wildman–Crippen MR) is 113 cm³/mol. The highest BCUT2D eigenvalue weighted by molar-refractivity contribution is 7.89. The summed E-state index contributed by atoms with van der Waals surface area (Å²) in [6.45, 7) is 4.11. The molecule has 2 heterocycles. The largest absolute Gasteiger partial charge is 0.379 e. The van der Waals surface area contributed by atoms with E-state index in [4.69, 9.17) is 4.74 Å². The number of unbranched alkanes of at least 4 members (excludes halogenated alkanes) is 1. The third kappa shape index (κ3) is 4.81. The number of hydrogen-bond donors (Lipinski definition) is 1. The van der Waals surface area contributed by atoms with Crippen LogP contribution in [0.3, 0.4) is 0 Å². The van der Waals surface area contributed by atoms with Gasteiger partial charge in [0.25, 0.3) is 0 Å². The van der Waals surface area contributed by atoms with Crippen molar-refractivity contribution in [2.45, 2.75) is 31.6 Å². The first-order valence-corrected chi connectivity index (χ1v) is 11.8. The average molecular weight is 467 g/mol. The van der Waals surface area contributed by atoms with Crippen LogP contribution in [0.5, 0.6) is 0 Å². The van der Waals surface area contributed by atoms with Crippen LogP contribution < -0.4 is 5.32 Å². The van der Waals surface area contributed by atoms with Gasteiger partial charge in [-0.05, 0) is 31.0 Å². The molecule has 2 saturated heterocycles. The number of aryl methyl sites for hydroxylation is 1. The molecule has 12 heteroatoms. The maximum absolute atomic E-state index is 12.9. The fraction of sp³-hybridized carbons (Fsp3) is 0.500. The molecule has 0 unspecified atom stereocenters. The number of urea groups is 1. The number of carbonyl (C=O) groups is 4. The number of nitrogens with zero attached hydrogens (tertiary/aromatic N) is 3. The standard InChI is InChI=1S/C20H26N4O7S/c1-3-4-7-23-18(26)19(27)24(20(23)28)13-17(25)21-16-12-15(6-5-14(16)2)32(29,30)22-8-10-31-11-9-22/h5-6,12H,3-4,7-11,13H2,1-2H3,(H,21,25). The van der Waals surface area contributed by atoms with Crippen LogP contribution >= 0.6 is 0 Å². The van der Waals surface area contributed by atoms with Gasteiger partial charge in [0.15, 0.2) is 0 Å². The monoisotopic (exact) mass is 466 g/mol. The summed E-state index contributed by atoms with van der Waals surface area (Å²) in [5, 5.41) is 2.54. The summed E-state index contributed by atoms with van der Waals surface area (Å²) in [5.41, 5.74) is 0.830. The lowest BCUT2D eigenvalue weighted by Crippen LogP contribution is -2.40. The van der Waals surface area contributed by atoms with Crippen LogP contribution in [-0.2, 0) is 29.1 Å². The van der Waals surface area contributed by atoms with E-state index in [1.165, 1.54) is 16.4 Å². The quantitative estimate of drug-likeness (QED) is 0.437. The number of sulfonamides is 1. The van der Waals surface area contributed by atoms with Crippen molar-refractivity contribution in [3.05, 3.63) is 23.8 Å². The van der Waals surface area contributed by atoms with E-state index in [9.17, 15) is 27.6 Å². The molecule has 0 saturated carbocycles. The molecule has 5 amide bonds. The van der Waals surface area contributed by atoms with Crippen molar-refractivity contribution < 1.29 is 32.3 Å². The summed E-state index contributed by atoms with van der Waals surface area (Å²) < 4.78 is 32.3. The van der Waals surface area contributed by atoms with Crippen LogP contribution in [0.25, 0.3) is 0 Å². The van der Waals surface area contributed by atoms with Crippen LogP contribution in [0.1, 0.15) is 25.3 Å². The first-order chi connectivity index (χ1) is 15.2. The fourth-order valence-electron chi connectivity index (χ4n) is 3.37. The first kappa shape index (κ1) is 23.8. The Morgan fingerprint density at radius 1 is 1.09 bits per heavy atom. The average Bonchev–Trinajstić information content (AvgIpc) is 2.97. The fourth-order valence-corrected chi connectivity index (χ4v) is 4.80. The molecule has 0 radical (unpaired) electrons. The minimum atomic E-state index is -3.77. The van der Waals surface area contributed by atoms with Gasteiger partial charge >= 0.3 is 17.8 Å². The van der Waals surface area contributed by atoms with Gasteiger partial charge < -0.3 is 10.1 Å². The molecule has 2 fully saturated rings. The molecule has 1 N–H and O–H groups in total. The Hall–Kier alpha value is -2.83. The van der Waals surface area contributed by atoms with Gasteiger partial charge in [-0.3, -0.25) is 19.3 Å². The third-order valence-corrected chi connectivity index (χ3v) is 7.16. The molecule has 0 atom stereocenters. The van der Waals surface area contributed by atoms with Gasteiger partial charge in [-0.15, -0.1) is 0 Å². The summed E-state index contributed by atoms with van der Waals surface area (Å²) in [6.07, 6.45) is 1.28. The second kappa shape index (κ2) is 9.76. The Morgan fingerprint density at radius 3 is 2.41 bits per heavy atom. The van der Waals surface area contributed by atoms with Gasteiger partial charge in [-0.25, -0.2) is 18.1 Å². The van der Waals surface area contributed by atoms with Gasteiger partial charge in [0.1, 0.15) is 6.54 Å². The lowest BCUT2D eigenvalue weighted by atomic mass is 10.2. The molecule has 11 nitrogen and oxygen atoms in total. The molecule has 1 aromatic rings. The molecular formula is C20H26N4O7S. The predicted octanol–water partition coefficient (Wildman–Crippen LogP) is 0.545. The van der Waals surface area contributed by atoms with E-state index in [2.05, 4.69) is 5.32 Å². The van der Waals surface area contributed by atoms with Gasteiger partial charge in [0, 0.05) is 25.3 Å². The van der Waals surface area contributed by atoms with Crippen LogP contribution in [0.4, 0.5) is 10.5 Å². The summed E-state index contributed by atoms with van der Waals surface area (Å²) in [7, 11) is -3.77. The number of ether oxygens (including phenoxy) is 1. The Bertz CT molecular complexity index is 1030. The zero-order valence-corrected chi connectivity index (χ0v) is 18.8. The number of hydrogen-bond acceptors (Lipinski definition) is 7. The zero-order chi connectivity index (χ0) is 23.5. The van der Waals surface area contributed by atoms with Crippen molar-refractivity contribution in [1.82, 2.24) is 14.1 Å². The number of anilines is 1. The van der Waals surface area contributed by atoms with Gasteiger partial charge in [0.2, 0.25) is 15.9 Å². The second-order valence-corrected chi connectivity index (χ2v) is 9.46. The Kier molecular flexibility index (Phi) is 7.26. The summed E-state index contributed by atoms with van der Waals surface area (Å²) in [6, 6.07) is 3.52. The van der Waals surface area contributed by atoms with Crippen molar-refractivity contribution in [2.24, 2.45) is 0 Å². The maximum Gasteiger partial charge on any atom is 0.334 e. The number of rotatable bonds is 8. The molecule has 0 aromatic heterocycles. The Labute approximate surface area is 186 Å². The molecule has 32 heavy (non-hydrogen) atoms. The summed E-state index contributed by atoms with van der Waals surface area (Å²) in [5.74, 6) is -2.73. The molecule has 2 aliphatic heterocycles. The van der Waals surface area contributed by atoms with E-state index in [1.807, 2.05) is 6.92 Å².